The van der Waals surface area contributed by atoms with Crippen molar-refractivity contribution in [2.24, 2.45) is 5.92 Å². The Morgan fingerprint density at radius 3 is 2.68 bits per heavy atom. The summed E-state index contributed by atoms with van der Waals surface area (Å²) in [7, 11) is 1.94. The number of nitrogens with one attached hydrogen (secondary N) is 2. The quantitative estimate of drug-likeness (QED) is 0.421. The zero-order valence-electron chi connectivity index (χ0n) is 20.6. The van der Waals surface area contributed by atoms with Gasteiger partial charge >= 0.3 is 0 Å². The lowest BCUT2D eigenvalue weighted by molar-refractivity contribution is 0.0699. The van der Waals surface area contributed by atoms with Crippen LogP contribution in [0.4, 0.5) is 5.82 Å². The maximum absolute atomic E-state index is 5.94. The monoisotopic (exact) mass is 465 g/mol. The molecule has 0 saturated carbocycles. The number of hydrogen-bond acceptors (Lipinski definition) is 8. The number of nitrogens with zero attached hydrogens (tertiary/aromatic N) is 3. The van der Waals surface area contributed by atoms with Crippen LogP contribution in [0.1, 0.15) is 36.3 Å². The summed E-state index contributed by atoms with van der Waals surface area (Å²) in [6, 6.07) is 7.97. The number of rotatable bonds is 10. The Bertz CT molecular complexity index is 1070. The van der Waals surface area contributed by atoms with Gasteiger partial charge in [0, 0.05) is 30.9 Å². The summed E-state index contributed by atoms with van der Waals surface area (Å²) < 4.78 is 16.9. The molecule has 2 N–H and O–H groups in total. The largest absolute Gasteiger partial charge is 0.494 e. The lowest BCUT2D eigenvalue weighted by atomic mass is 10.00. The molecule has 34 heavy (non-hydrogen) atoms. The molecule has 2 aromatic heterocycles. The van der Waals surface area contributed by atoms with Gasteiger partial charge in [0.05, 0.1) is 23.6 Å². The molecule has 1 aromatic carbocycles. The molecule has 0 spiro atoms. The minimum atomic E-state index is 0.573. The first-order valence-corrected chi connectivity index (χ1v) is 12.1. The van der Waals surface area contributed by atoms with Crippen molar-refractivity contribution in [3.8, 4) is 28.4 Å². The molecule has 8 heteroatoms. The molecule has 0 unspecified atom stereocenters. The molecule has 0 radical (unpaired) electrons. The summed E-state index contributed by atoms with van der Waals surface area (Å²) in [5, 5.41) is 10.9. The van der Waals surface area contributed by atoms with Crippen molar-refractivity contribution >= 4 is 5.82 Å². The fraction of sp³-hybridized carbons (Fsp3) is 0.500. The highest BCUT2D eigenvalue weighted by atomic mass is 16.5. The second-order valence-electron chi connectivity index (χ2n) is 8.84. The van der Waals surface area contributed by atoms with E-state index in [2.05, 4.69) is 22.7 Å². The molecule has 0 amide bonds. The second kappa shape index (κ2) is 11.4. The number of aromatic nitrogens is 3. The third-order valence-corrected chi connectivity index (χ3v) is 6.25. The van der Waals surface area contributed by atoms with E-state index in [9.17, 15) is 0 Å². The van der Waals surface area contributed by atoms with Crippen molar-refractivity contribution in [2.75, 3.05) is 45.3 Å². The Labute approximate surface area is 201 Å². The number of benzene rings is 1. The van der Waals surface area contributed by atoms with E-state index in [1.807, 2.05) is 45.2 Å². The summed E-state index contributed by atoms with van der Waals surface area (Å²) in [5.41, 5.74) is 4.49. The van der Waals surface area contributed by atoms with Gasteiger partial charge < -0.3 is 24.6 Å². The van der Waals surface area contributed by atoms with E-state index in [4.69, 9.17) is 24.0 Å². The van der Waals surface area contributed by atoms with Crippen molar-refractivity contribution in [3.05, 3.63) is 41.3 Å². The van der Waals surface area contributed by atoms with Crippen LogP contribution in [0.25, 0.3) is 22.6 Å². The van der Waals surface area contributed by atoms with E-state index in [1.165, 1.54) is 0 Å². The highest BCUT2D eigenvalue weighted by Gasteiger charge is 2.21. The van der Waals surface area contributed by atoms with Gasteiger partial charge in [-0.15, -0.1) is 0 Å². The highest BCUT2D eigenvalue weighted by molar-refractivity contribution is 5.74. The Kier molecular flexibility index (Phi) is 8.13. The minimum absolute atomic E-state index is 0.573. The second-order valence-corrected chi connectivity index (χ2v) is 8.84. The van der Waals surface area contributed by atoms with Crippen LogP contribution < -0.4 is 15.4 Å². The third-order valence-electron chi connectivity index (χ3n) is 6.25. The summed E-state index contributed by atoms with van der Waals surface area (Å²) in [6.07, 6.45) is 3.07. The van der Waals surface area contributed by atoms with E-state index in [-0.39, 0.29) is 0 Å². The molecule has 1 saturated heterocycles. The molecule has 0 atom stereocenters. The third kappa shape index (κ3) is 5.74. The van der Waals surface area contributed by atoms with E-state index >= 15 is 0 Å². The van der Waals surface area contributed by atoms with E-state index in [0.717, 1.165) is 91.0 Å². The maximum Gasteiger partial charge on any atom is 0.162 e. The van der Waals surface area contributed by atoms with E-state index in [1.54, 1.807) is 0 Å². The summed E-state index contributed by atoms with van der Waals surface area (Å²) >= 11 is 0. The summed E-state index contributed by atoms with van der Waals surface area (Å²) in [6.45, 7) is 10.0. The molecule has 0 aliphatic carbocycles. The molecule has 1 aliphatic heterocycles. The predicted octanol–water partition coefficient (Wildman–Crippen LogP) is 4.55. The molecule has 1 fully saturated rings. The van der Waals surface area contributed by atoms with Crippen molar-refractivity contribution in [1.82, 2.24) is 20.4 Å². The van der Waals surface area contributed by atoms with Gasteiger partial charge in [-0.3, -0.25) is 0 Å². The van der Waals surface area contributed by atoms with Crippen LogP contribution in [0.5, 0.6) is 5.75 Å². The first-order chi connectivity index (χ1) is 16.6. The van der Waals surface area contributed by atoms with Crippen LogP contribution in [-0.4, -0.2) is 55.1 Å². The number of anilines is 1. The topological polar surface area (TPSA) is 94.3 Å². The lowest BCUT2D eigenvalue weighted by Crippen LogP contribution is -2.23. The number of ether oxygens (including phenoxy) is 2. The standard InChI is InChI=1S/C26H35N5O3/c1-17-24(23-18(2)31-34-19(23)3)29-26(30-25(17)28-16-20-9-13-32-14-10-20)21-7-5-8-22(15-21)33-12-6-11-27-4/h5,7-8,15,20,27H,6,9-14,16H2,1-4H3,(H,28,29,30). The zero-order chi connectivity index (χ0) is 23.9. The van der Waals surface area contributed by atoms with Crippen LogP contribution >= 0.6 is 0 Å². The molecule has 0 bridgehead atoms. The summed E-state index contributed by atoms with van der Waals surface area (Å²) in [4.78, 5) is 9.91. The normalized spacial score (nSPS) is 14.4. The van der Waals surface area contributed by atoms with Gasteiger partial charge in [-0.1, -0.05) is 17.3 Å². The molecular weight excluding hydrogens is 430 g/mol. The Morgan fingerprint density at radius 2 is 1.94 bits per heavy atom. The molecule has 1 aliphatic rings. The Morgan fingerprint density at radius 1 is 1.12 bits per heavy atom. The van der Waals surface area contributed by atoms with Gasteiger partial charge in [-0.2, -0.15) is 0 Å². The highest BCUT2D eigenvalue weighted by Crippen LogP contribution is 2.34. The van der Waals surface area contributed by atoms with Gasteiger partial charge in [0.1, 0.15) is 17.3 Å². The van der Waals surface area contributed by atoms with Crippen LogP contribution in [0, 0.1) is 26.7 Å². The average Bonchev–Trinajstić information content (AvgIpc) is 3.19. The first-order valence-electron chi connectivity index (χ1n) is 12.1. The smallest absolute Gasteiger partial charge is 0.162 e. The van der Waals surface area contributed by atoms with E-state index in [0.29, 0.717) is 18.3 Å². The van der Waals surface area contributed by atoms with E-state index < -0.39 is 0 Å². The summed E-state index contributed by atoms with van der Waals surface area (Å²) in [5.74, 6) is 3.63. The fourth-order valence-corrected chi connectivity index (χ4v) is 4.24. The number of aryl methyl sites for hydroxylation is 2. The molecule has 4 rings (SSSR count). The first kappa shape index (κ1) is 24.2. The maximum atomic E-state index is 5.94. The van der Waals surface area contributed by atoms with Crippen LogP contribution in [-0.2, 0) is 4.74 Å². The Balaban J connectivity index is 1.67. The van der Waals surface area contributed by atoms with Gasteiger partial charge in [0.15, 0.2) is 5.82 Å². The number of hydrogen-bond donors (Lipinski definition) is 2. The predicted molar refractivity (Wildman–Crippen MR) is 133 cm³/mol. The fourth-order valence-electron chi connectivity index (χ4n) is 4.24. The molecular formula is C26H35N5O3. The van der Waals surface area contributed by atoms with Gasteiger partial charge in [0.25, 0.3) is 0 Å². The Hall–Kier alpha value is -2.97. The van der Waals surface area contributed by atoms with Gasteiger partial charge in [0.2, 0.25) is 0 Å². The van der Waals surface area contributed by atoms with Crippen LogP contribution in [0.2, 0.25) is 0 Å². The van der Waals surface area contributed by atoms with Crippen molar-refractivity contribution in [1.29, 1.82) is 0 Å². The minimum Gasteiger partial charge on any atom is -0.494 e. The molecule has 3 aromatic rings. The molecule has 182 valence electrons. The molecule has 3 heterocycles. The van der Waals surface area contributed by atoms with Crippen molar-refractivity contribution in [2.45, 2.75) is 40.0 Å². The van der Waals surface area contributed by atoms with Crippen LogP contribution in [0.15, 0.2) is 28.8 Å². The van der Waals surface area contributed by atoms with Crippen molar-refractivity contribution in [3.63, 3.8) is 0 Å². The average molecular weight is 466 g/mol. The van der Waals surface area contributed by atoms with Crippen molar-refractivity contribution < 1.29 is 14.0 Å². The van der Waals surface area contributed by atoms with Gasteiger partial charge in [-0.05, 0) is 71.7 Å². The van der Waals surface area contributed by atoms with Gasteiger partial charge in [-0.25, -0.2) is 9.97 Å². The van der Waals surface area contributed by atoms with Crippen LogP contribution in [0.3, 0.4) is 0 Å². The lowest BCUT2D eigenvalue weighted by Gasteiger charge is -2.23. The molecule has 8 nitrogen and oxygen atoms in total. The zero-order valence-corrected chi connectivity index (χ0v) is 20.6. The SMILES string of the molecule is CNCCCOc1cccc(-c2nc(NCC3CCOCC3)c(C)c(-c3c(C)noc3C)n2)c1.